The average Bonchev–Trinajstić information content (AvgIpc) is 3.38. The van der Waals surface area contributed by atoms with Gasteiger partial charge in [-0.15, -0.1) is 10.2 Å². The third-order valence-corrected chi connectivity index (χ3v) is 5.78. The second kappa shape index (κ2) is 6.92. The van der Waals surface area contributed by atoms with Crippen molar-refractivity contribution in [1.29, 1.82) is 5.26 Å². The maximum atomic E-state index is 9.41. The molecule has 1 fully saturated rings. The summed E-state index contributed by atoms with van der Waals surface area (Å²) in [5.74, 6) is 0.668. The van der Waals surface area contributed by atoms with Gasteiger partial charge in [-0.2, -0.15) is 5.26 Å². The average molecular weight is 383 g/mol. The van der Waals surface area contributed by atoms with Gasteiger partial charge in [0.1, 0.15) is 11.8 Å². The fraction of sp³-hybridized carbons (Fsp3) is 0.273. The Morgan fingerprint density at radius 3 is 2.86 bits per heavy atom. The lowest BCUT2D eigenvalue weighted by atomic mass is 10.1. The molecule has 4 aromatic rings. The topological polar surface area (TPSA) is 96.1 Å². The zero-order chi connectivity index (χ0) is 20.0. The number of hydrogen-bond acceptors (Lipinski definition) is 6. The number of pyridine rings is 2. The molecule has 4 heterocycles. The van der Waals surface area contributed by atoms with Crippen LogP contribution in [-0.2, 0) is 0 Å². The number of hydrogen-bond donors (Lipinski definition) is 1. The summed E-state index contributed by atoms with van der Waals surface area (Å²) in [6, 6.07) is 16.3. The van der Waals surface area contributed by atoms with Crippen LogP contribution in [0, 0.1) is 11.3 Å². The number of likely N-dealkylation sites (tertiary alicyclic amines) is 1. The first-order valence-electron chi connectivity index (χ1n) is 9.78. The Labute approximate surface area is 168 Å². The molecule has 2 N–H and O–H groups in total. The molecule has 2 atom stereocenters. The van der Waals surface area contributed by atoms with Gasteiger partial charge in [0, 0.05) is 36.8 Å². The second-order valence-electron chi connectivity index (χ2n) is 7.62. The minimum atomic E-state index is 0.253. The van der Waals surface area contributed by atoms with Crippen LogP contribution in [0.5, 0.6) is 0 Å². The lowest BCUT2D eigenvalue weighted by Gasteiger charge is -2.24. The van der Waals surface area contributed by atoms with Crippen LogP contribution in [0.4, 0.5) is 0 Å². The summed E-state index contributed by atoms with van der Waals surface area (Å²) in [7, 11) is 0. The highest BCUT2D eigenvalue weighted by Crippen LogP contribution is 2.27. The quantitative estimate of drug-likeness (QED) is 0.584. The maximum absolute atomic E-state index is 9.41. The summed E-state index contributed by atoms with van der Waals surface area (Å²) in [6.07, 6.45) is 3.12. The summed E-state index contributed by atoms with van der Waals surface area (Å²) in [6.45, 7) is 4.13. The monoisotopic (exact) mass is 383 g/mol. The zero-order valence-electron chi connectivity index (χ0n) is 16.2. The summed E-state index contributed by atoms with van der Waals surface area (Å²) in [5.41, 5.74) is 9.97. The van der Waals surface area contributed by atoms with Gasteiger partial charge < -0.3 is 5.73 Å². The summed E-state index contributed by atoms with van der Waals surface area (Å²) in [4.78, 5) is 7.13. The van der Waals surface area contributed by atoms with Crippen molar-refractivity contribution < 1.29 is 0 Å². The van der Waals surface area contributed by atoms with E-state index < -0.39 is 0 Å². The molecule has 144 valence electrons. The molecule has 0 aliphatic carbocycles. The van der Waals surface area contributed by atoms with Crippen LogP contribution >= 0.6 is 0 Å². The molecule has 5 rings (SSSR count). The first-order valence-corrected chi connectivity index (χ1v) is 9.78. The summed E-state index contributed by atoms with van der Waals surface area (Å²) < 4.78 is 1.98. The molecule has 0 amide bonds. The van der Waals surface area contributed by atoms with Crippen LogP contribution in [0.25, 0.3) is 28.1 Å². The summed E-state index contributed by atoms with van der Waals surface area (Å²) in [5, 5.41) is 19.0. The summed E-state index contributed by atoms with van der Waals surface area (Å²) >= 11 is 0. The fourth-order valence-electron chi connectivity index (χ4n) is 4.07. The SMILES string of the molecule is C[C@@H](c1ccc2nnc(-c3ccc4cccc(C#N)c4n3)n2c1)N1CC[C@H](N)C1. The highest BCUT2D eigenvalue weighted by Gasteiger charge is 2.25. The molecular formula is C22H21N7. The Kier molecular flexibility index (Phi) is 4.23. The molecule has 7 nitrogen and oxygen atoms in total. The van der Waals surface area contributed by atoms with E-state index >= 15 is 0 Å². The van der Waals surface area contributed by atoms with Gasteiger partial charge in [-0.25, -0.2) is 4.98 Å². The Morgan fingerprint density at radius 2 is 2.07 bits per heavy atom. The predicted octanol–water partition coefficient (Wildman–Crippen LogP) is 2.91. The van der Waals surface area contributed by atoms with E-state index in [-0.39, 0.29) is 12.1 Å². The molecular weight excluding hydrogens is 362 g/mol. The largest absolute Gasteiger partial charge is 0.326 e. The van der Waals surface area contributed by atoms with Crippen molar-refractivity contribution in [3.05, 3.63) is 59.8 Å². The van der Waals surface area contributed by atoms with Gasteiger partial charge in [-0.05, 0) is 37.1 Å². The number of nitriles is 1. The normalized spacial score (nSPS) is 18.3. The number of benzene rings is 1. The lowest BCUT2D eigenvalue weighted by molar-refractivity contribution is 0.259. The van der Waals surface area contributed by atoms with Crippen LogP contribution in [0.15, 0.2) is 48.7 Å². The van der Waals surface area contributed by atoms with Crippen LogP contribution in [0.1, 0.15) is 30.5 Å². The van der Waals surface area contributed by atoms with Crippen molar-refractivity contribution in [2.24, 2.45) is 5.73 Å². The molecule has 0 saturated carbocycles. The van der Waals surface area contributed by atoms with Crippen molar-refractivity contribution in [1.82, 2.24) is 24.5 Å². The van der Waals surface area contributed by atoms with Gasteiger partial charge >= 0.3 is 0 Å². The smallest absolute Gasteiger partial charge is 0.187 e. The number of nitrogens with zero attached hydrogens (tertiary/aromatic N) is 6. The first-order chi connectivity index (χ1) is 14.1. The third kappa shape index (κ3) is 3.03. The molecule has 0 spiro atoms. The Morgan fingerprint density at radius 1 is 1.17 bits per heavy atom. The van der Waals surface area contributed by atoms with E-state index in [1.165, 1.54) is 5.56 Å². The van der Waals surface area contributed by atoms with Crippen molar-refractivity contribution in [2.45, 2.75) is 25.4 Å². The molecule has 1 aliphatic heterocycles. The van der Waals surface area contributed by atoms with Gasteiger partial charge in [-0.1, -0.05) is 24.3 Å². The van der Waals surface area contributed by atoms with Crippen LogP contribution < -0.4 is 5.73 Å². The molecule has 0 unspecified atom stereocenters. The van der Waals surface area contributed by atoms with Crippen molar-refractivity contribution in [2.75, 3.05) is 13.1 Å². The van der Waals surface area contributed by atoms with Crippen LogP contribution in [0.2, 0.25) is 0 Å². The molecule has 1 saturated heterocycles. The number of fused-ring (bicyclic) bond motifs is 2. The van der Waals surface area contributed by atoms with Gasteiger partial charge in [0.05, 0.1) is 11.1 Å². The van der Waals surface area contributed by atoms with E-state index in [0.29, 0.717) is 22.6 Å². The molecule has 1 aromatic carbocycles. The maximum Gasteiger partial charge on any atom is 0.187 e. The van der Waals surface area contributed by atoms with Crippen molar-refractivity contribution in [3.8, 4) is 17.6 Å². The minimum absolute atomic E-state index is 0.253. The second-order valence-corrected chi connectivity index (χ2v) is 7.62. The van der Waals surface area contributed by atoms with E-state index in [1.807, 2.05) is 34.7 Å². The molecule has 3 aromatic heterocycles. The molecule has 1 aliphatic rings. The van der Waals surface area contributed by atoms with E-state index in [2.05, 4.69) is 40.4 Å². The Bertz CT molecular complexity index is 1250. The standard InChI is InChI=1S/C22H21N7/c1-14(28-10-9-18(24)13-28)17-6-8-20-26-27-22(29(20)12-17)19-7-5-15-3-2-4-16(11-23)21(15)25-19/h2-8,12,14,18H,9-10,13,24H2,1H3/t14-,18-/m0/s1. The Hall–Kier alpha value is -3.34. The predicted molar refractivity (Wildman–Crippen MR) is 111 cm³/mol. The van der Waals surface area contributed by atoms with Gasteiger partial charge in [0.15, 0.2) is 11.5 Å². The molecule has 7 heteroatoms. The highest BCUT2D eigenvalue weighted by molar-refractivity contribution is 5.85. The van der Waals surface area contributed by atoms with Crippen LogP contribution in [0.3, 0.4) is 0 Å². The van der Waals surface area contributed by atoms with E-state index in [1.54, 1.807) is 6.07 Å². The van der Waals surface area contributed by atoms with Crippen molar-refractivity contribution in [3.63, 3.8) is 0 Å². The zero-order valence-corrected chi connectivity index (χ0v) is 16.2. The van der Waals surface area contributed by atoms with Gasteiger partial charge in [0.2, 0.25) is 0 Å². The van der Waals surface area contributed by atoms with Gasteiger partial charge in [0.25, 0.3) is 0 Å². The van der Waals surface area contributed by atoms with E-state index in [9.17, 15) is 5.26 Å². The number of para-hydroxylation sites is 1. The Balaban J connectivity index is 1.59. The van der Waals surface area contributed by atoms with Crippen LogP contribution in [-0.4, -0.2) is 43.6 Å². The lowest BCUT2D eigenvalue weighted by Crippen LogP contribution is -2.28. The molecule has 29 heavy (non-hydrogen) atoms. The number of rotatable bonds is 3. The molecule has 0 radical (unpaired) electrons. The van der Waals surface area contributed by atoms with E-state index in [4.69, 9.17) is 10.7 Å². The van der Waals surface area contributed by atoms with Crippen molar-refractivity contribution >= 4 is 16.6 Å². The number of nitrogens with two attached hydrogens (primary N) is 1. The van der Waals surface area contributed by atoms with E-state index in [0.717, 1.165) is 30.5 Å². The number of aromatic nitrogens is 4. The fourth-order valence-corrected chi connectivity index (χ4v) is 4.07. The highest BCUT2D eigenvalue weighted by atomic mass is 15.3. The third-order valence-electron chi connectivity index (χ3n) is 5.78. The minimum Gasteiger partial charge on any atom is -0.326 e. The molecule has 0 bridgehead atoms. The first kappa shape index (κ1) is 17.7. The van der Waals surface area contributed by atoms with Gasteiger partial charge in [-0.3, -0.25) is 9.30 Å².